The van der Waals surface area contributed by atoms with Crippen molar-refractivity contribution in [1.29, 1.82) is 0 Å². The first-order valence-electron chi connectivity index (χ1n) is 7.55. The lowest BCUT2D eigenvalue weighted by Crippen LogP contribution is -2.49. The van der Waals surface area contributed by atoms with E-state index in [0.29, 0.717) is 13.0 Å². The van der Waals surface area contributed by atoms with E-state index in [2.05, 4.69) is 19.2 Å². The molecule has 1 rings (SSSR count). The van der Waals surface area contributed by atoms with Gasteiger partial charge in [-0.25, -0.2) is 4.79 Å². The molecule has 2 atom stereocenters. The van der Waals surface area contributed by atoms with Gasteiger partial charge in [0.1, 0.15) is 5.54 Å². The van der Waals surface area contributed by atoms with Crippen LogP contribution in [0.4, 0.5) is 0 Å². The van der Waals surface area contributed by atoms with Gasteiger partial charge in [-0.05, 0) is 26.0 Å². The van der Waals surface area contributed by atoms with Gasteiger partial charge in [0, 0.05) is 13.0 Å². The first kappa shape index (κ1) is 17.7. The first-order chi connectivity index (χ1) is 10.1. The van der Waals surface area contributed by atoms with Crippen molar-refractivity contribution in [3.63, 3.8) is 0 Å². The molecule has 0 spiro atoms. The molecule has 0 aliphatic heterocycles. The normalized spacial score (nSPS) is 15.2. The second-order valence-corrected chi connectivity index (χ2v) is 5.23. The van der Waals surface area contributed by atoms with E-state index in [-0.39, 0.29) is 12.1 Å². The molecule has 0 radical (unpaired) electrons. The maximum absolute atomic E-state index is 12.3. The zero-order chi connectivity index (χ0) is 15.7. The number of benzene rings is 1. The number of carbonyl (C=O) groups excluding carboxylic acids is 1. The smallest absolute Gasteiger partial charge is 0.330 e. The SMILES string of the molecule is CCCC(C)OCCC(NC)(C(=O)OC)c1ccccc1. The third-order valence-electron chi connectivity index (χ3n) is 3.80. The molecule has 21 heavy (non-hydrogen) atoms. The molecule has 0 amide bonds. The van der Waals surface area contributed by atoms with Gasteiger partial charge in [0.05, 0.1) is 13.2 Å². The summed E-state index contributed by atoms with van der Waals surface area (Å²) < 4.78 is 10.8. The van der Waals surface area contributed by atoms with Crippen molar-refractivity contribution >= 4 is 5.97 Å². The van der Waals surface area contributed by atoms with E-state index >= 15 is 0 Å². The minimum Gasteiger partial charge on any atom is -0.467 e. The van der Waals surface area contributed by atoms with Crippen molar-refractivity contribution in [1.82, 2.24) is 5.32 Å². The van der Waals surface area contributed by atoms with Crippen LogP contribution >= 0.6 is 0 Å². The van der Waals surface area contributed by atoms with Crippen molar-refractivity contribution in [3.8, 4) is 0 Å². The highest BCUT2D eigenvalue weighted by Gasteiger charge is 2.39. The highest BCUT2D eigenvalue weighted by atomic mass is 16.5. The molecule has 1 N–H and O–H groups in total. The highest BCUT2D eigenvalue weighted by Crippen LogP contribution is 2.26. The predicted octanol–water partition coefficient (Wildman–Crippen LogP) is 2.87. The lowest BCUT2D eigenvalue weighted by Gasteiger charge is -2.31. The summed E-state index contributed by atoms with van der Waals surface area (Å²) in [6.45, 7) is 4.70. The van der Waals surface area contributed by atoms with Crippen LogP contribution in [0.15, 0.2) is 30.3 Å². The Morgan fingerprint density at radius 3 is 2.52 bits per heavy atom. The molecule has 0 aromatic heterocycles. The zero-order valence-corrected chi connectivity index (χ0v) is 13.5. The van der Waals surface area contributed by atoms with Gasteiger partial charge in [-0.15, -0.1) is 0 Å². The van der Waals surface area contributed by atoms with Crippen molar-refractivity contribution < 1.29 is 14.3 Å². The molecular weight excluding hydrogens is 266 g/mol. The molecule has 0 aliphatic rings. The largest absolute Gasteiger partial charge is 0.467 e. The number of esters is 1. The predicted molar refractivity (Wildman–Crippen MR) is 84.1 cm³/mol. The second kappa shape index (κ2) is 8.80. The van der Waals surface area contributed by atoms with E-state index in [1.165, 1.54) is 7.11 Å². The Bertz CT molecular complexity index is 421. The van der Waals surface area contributed by atoms with Crippen LogP contribution in [0.25, 0.3) is 0 Å². The summed E-state index contributed by atoms with van der Waals surface area (Å²) in [7, 11) is 3.19. The highest BCUT2D eigenvalue weighted by molar-refractivity contribution is 5.82. The molecular formula is C17H27NO3. The number of rotatable bonds is 9. The number of hydrogen-bond acceptors (Lipinski definition) is 4. The number of ether oxygens (including phenoxy) is 2. The van der Waals surface area contributed by atoms with Crippen LogP contribution < -0.4 is 5.32 Å². The number of nitrogens with one attached hydrogen (secondary N) is 1. The van der Waals surface area contributed by atoms with Crippen molar-refractivity contribution in [3.05, 3.63) is 35.9 Å². The molecule has 118 valence electrons. The van der Waals surface area contributed by atoms with Crippen molar-refractivity contribution in [2.24, 2.45) is 0 Å². The summed E-state index contributed by atoms with van der Waals surface area (Å²) in [6.07, 6.45) is 2.86. The maximum atomic E-state index is 12.3. The summed E-state index contributed by atoms with van der Waals surface area (Å²) in [5.41, 5.74) is 0.0354. The van der Waals surface area contributed by atoms with E-state index in [9.17, 15) is 4.79 Å². The molecule has 0 heterocycles. The standard InChI is InChI=1S/C17H27NO3/c1-5-9-14(2)21-13-12-17(18-3,16(19)20-4)15-10-7-6-8-11-15/h6-8,10-11,14,18H,5,9,12-13H2,1-4H3. The Morgan fingerprint density at radius 2 is 2.00 bits per heavy atom. The van der Waals surface area contributed by atoms with Gasteiger partial charge in [-0.3, -0.25) is 0 Å². The molecule has 0 saturated heterocycles. The quantitative estimate of drug-likeness (QED) is 0.711. The third kappa shape index (κ3) is 4.55. The van der Waals surface area contributed by atoms with Gasteiger partial charge in [0.2, 0.25) is 0 Å². The van der Waals surface area contributed by atoms with Gasteiger partial charge in [0.15, 0.2) is 0 Å². The third-order valence-corrected chi connectivity index (χ3v) is 3.80. The molecule has 4 heteroatoms. The van der Waals surface area contributed by atoms with Crippen LogP contribution in [-0.2, 0) is 19.8 Å². The maximum Gasteiger partial charge on any atom is 0.330 e. The van der Waals surface area contributed by atoms with E-state index in [4.69, 9.17) is 9.47 Å². The summed E-state index contributed by atoms with van der Waals surface area (Å²) >= 11 is 0. The average Bonchev–Trinajstić information content (AvgIpc) is 2.52. The molecule has 0 bridgehead atoms. The zero-order valence-electron chi connectivity index (χ0n) is 13.5. The van der Waals surface area contributed by atoms with Crippen molar-refractivity contribution in [2.45, 2.75) is 44.8 Å². The van der Waals surface area contributed by atoms with E-state index < -0.39 is 5.54 Å². The van der Waals surface area contributed by atoms with Crippen LogP contribution in [0.1, 0.15) is 38.7 Å². The fraction of sp³-hybridized carbons (Fsp3) is 0.588. The summed E-state index contributed by atoms with van der Waals surface area (Å²) in [6, 6.07) is 9.64. The topological polar surface area (TPSA) is 47.6 Å². The van der Waals surface area contributed by atoms with Crippen LogP contribution in [-0.4, -0.2) is 32.8 Å². The molecule has 0 saturated carbocycles. The molecule has 4 nitrogen and oxygen atoms in total. The molecule has 1 aromatic rings. The Balaban J connectivity index is 2.85. The van der Waals surface area contributed by atoms with E-state index in [1.807, 2.05) is 30.3 Å². The summed E-state index contributed by atoms with van der Waals surface area (Å²) in [4.78, 5) is 12.3. The fourth-order valence-corrected chi connectivity index (χ4v) is 2.54. The fourth-order valence-electron chi connectivity index (χ4n) is 2.54. The van der Waals surface area contributed by atoms with Gasteiger partial charge in [-0.1, -0.05) is 43.7 Å². The summed E-state index contributed by atoms with van der Waals surface area (Å²) in [5.74, 6) is -0.289. The molecule has 0 fully saturated rings. The average molecular weight is 293 g/mol. The van der Waals surface area contributed by atoms with Gasteiger partial charge >= 0.3 is 5.97 Å². The number of likely N-dealkylation sites (N-methyl/N-ethyl adjacent to an activating group) is 1. The van der Waals surface area contributed by atoms with Crippen LogP contribution in [0, 0.1) is 0 Å². The number of carbonyl (C=O) groups is 1. The van der Waals surface area contributed by atoms with Gasteiger partial charge in [-0.2, -0.15) is 0 Å². The van der Waals surface area contributed by atoms with E-state index in [0.717, 1.165) is 18.4 Å². The summed E-state index contributed by atoms with van der Waals surface area (Å²) in [5, 5.41) is 3.13. The lowest BCUT2D eigenvalue weighted by atomic mass is 9.87. The second-order valence-electron chi connectivity index (χ2n) is 5.23. The van der Waals surface area contributed by atoms with Gasteiger partial charge in [0.25, 0.3) is 0 Å². The minimum absolute atomic E-state index is 0.206. The Labute approximate surface area is 127 Å². The number of methoxy groups -OCH3 is 1. The van der Waals surface area contributed by atoms with Crippen LogP contribution in [0.2, 0.25) is 0 Å². The number of hydrogen-bond donors (Lipinski definition) is 1. The lowest BCUT2D eigenvalue weighted by molar-refractivity contribution is -0.150. The van der Waals surface area contributed by atoms with E-state index in [1.54, 1.807) is 7.05 Å². The van der Waals surface area contributed by atoms with Crippen molar-refractivity contribution in [2.75, 3.05) is 20.8 Å². The Morgan fingerprint density at radius 1 is 1.33 bits per heavy atom. The minimum atomic E-state index is -0.859. The van der Waals surface area contributed by atoms with Crippen LogP contribution in [0.3, 0.4) is 0 Å². The Kier molecular flexibility index (Phi) is 7.40. The molecule has 1 aromatic carbocycles. The first-order valence-corrected chi connectivity index (χ1v) is 7.55. The molecule has 0 aliphatic carbocycles. The van der Waals surface area contributed by atoms with Crippen LogP contribution in [0.5, 0.6) is 0 Å². The monoisotopic (exact) mass is 293 g/mol. The Hall–Kier alpha value is -1.39. The molecule has 2 unspecified atom stereocenters. The van der Waals surface area contributed by atoms with Gasteiger partial charge < -0.3 is 14.8 Å².